The zero-order chi connectivity index (χ0) is 28.3. The van der Waals surface area contributed by atoms with Crippen LogP contribution in [0.5, 0.6) is 5.75 Å². The smallest absolute Gasteiger partial charge is 0.320 e. The SMILES string of the molecule is CON(C)C(=O)[C@@H]1C(c2ccccc2)C2(C3CC4OC3C3C(=O)OC(=O)C43)Oc3cc(C)cc(C)c3[C@]2(O)[C@@H]1O. The number of hydroxylamine groups is 2. The number of hydrogen-bond donors (Lipinski definition) is 2. The lowest BCUT2D eigenvalue weighted by molar-refractivity contribution is -0.186. The molecule has 0 radical (unpaired) electrons. The number of carbonyl (C=O) groups excluding carboxylic acids is 3. The number of hydrogen-bond acceptors (Lipinski definition) is 9. The minimum absolute atomic E-state index is 0.277. The summed E-state index contributed by atoms with van der Waals surface area (Å²) in [7, 11) is 2.81. The number of amides is 1. The first-order valence-electron chi connectivity index (χ1n) is 13.5. The zero-order valence-electron chi connectivity index (χ0n) is 22.6. The molecule has 2 aromatic rings. The molecule has 1 aliphatic carbocycles. The molecule has 4 heterocycles. The first-order valence-corrected chi connectivity index (χ1v) is 13.5. The van der Waals surface area contributed by atoms with Crippen LogP contribution in [-0.2, 0) is 34.3 Å². The Bertz CT molecular complexity index is 1440. The van der Waals surface area contributed by atoms with Crippen LogP contribution in [0.4, 0.5) is 0 Å². The molecule has 3 saturated heterocycles. The second kappa shape index (κ2) is 8.36. The summed E-state index contributed by atoms with van der Waals surface area (Å²) in [4.78, 5) is 44.5. The average Bonchev–Trinajstić information content (AvgIpc) is 3.69. The maximum absolute atomic E-state index is 13.9. The van der Waals surface area contributed by atoms with Crippen LogP contribution in [0.1, 0.15) is 34.6 Å². The molecule has 2 N–H and O–H groups in total. The molecule has 0 aromatic heterocycles. The molecule has 0 spiro atoms. The summed E-state index contributed by atoms with van der Waals surface area (Å²) >= 11 is 0. The third kappa shape index (κ3) is 2.89. The number of carbonyl (C=O) groups is 3. The van der Waals surface area contributed by atoms with Crippen LogP contribution >= 0.6 is 0 Å². The Morgan fingerprint density at radius 2 is 1.80 bits per heavy atom. The molecule has 2 aromatic carbocycles. The van der Waals surface area contributed by atoms with Gasteiger partial charge in [0, 0.05) is 24.4 Å². The number of ether oxygens (including phenoxy) is 3. The van der Waals surface area contributed by atoms with E-state index in [4.69, 9.17) is 19.0 Å². The summed E-state index contributed by atoms with van der Waals surface area (Å²) in [5.74, 6) is -5.65. The van der Waals surface area contributed by atoms with Gasteiger partial charge in [-0.15, -0.1) is 0 Å². The number of fused-ring (bicyclic) bond motifs is 8. The molecule has 1 amide bonds. The van der Waals surface area contributed by atoms with E-state index in [1.807, 2.05) is 56.3 Å². The summed E-state index contributed by atoms with van der Waals surface area (Å²) in [6.45, 7) is 3.75. The van der Waals surface area contributed by atoms with E-state index in [1.54, 1.807) is 0 Å². The summed E-state index contributed by atoms with van der Waals surface area (Å²) in [5, 5.41) is 26.2. The summed E-state index contributed by atoms with van der Waals surface area (Å²) < 4.78 is 18.2. The molecule has 210 valence electrons. The van der Waals surface area contributed by atoms with E-state index < -0.39 is 76.9 Å². The standard InChI is InChI=1S/C30H31NO9/c1-13-10-14(2)22-18(11-13)40-30(16-12-17-19-20(24(16)38-17)28(35)39-27(19)34)23(15-8-6-5-7-9-15)21(25(32)29(22,30)36)26(33)31(3)37-4/h5-11,16-17,19-21,23-25,32,36H,12H2,1-4H3/t16?,17?,19?,20?,21-,23?,24?,25-,29+,30?/m1/s1. The van der Waals surface area contributed by atoms with Gasteiger partial charge >= 0.3 is 11.9 Å². The third-order valence-electron chi connectivity index (χ3n) is 9.97. The van der Waals surface area contributed by atoms with Crippen molar-refractivity contribution in [1.82, 2.24) is 5.06 Å². The highest BCUT2D eigenvalue weighted by atomic mass is 16.7. The van der Waals surface area contributed by atoms with Crippen LogP contribution in [0.3, 0.4) is 0 Å². The van der Waals surface area contributed by atoms with Gasteiger partial charge in [-0.2, -0.15) is 0 Å². The third-order valence-corrected chi connectivity index (χ3v) is 9.97. The van der Waals surface area contributed by atoms with Gasteiger partial charge in [0.15, 0.2) is 11.2 Å². The molecule has 10 heteroatoms. The highest BCUT2D eigenvalue weighted by molar-refractivity contribution is 5.98. The van der Waals surface area contributed by atoms with E-state index in [9.17, 15) is 24.6 Å². The number of benzene rings is 2. The van der Waals surface area contributed by atoms with Crippen molar-refractivity contribution < 1.29 is 43.6 Å². The number of nitrogens with zero attached hydrogens (tertiary/aromatic N) is 1. The van der Waals surface area contributed by atoms with Gasteiger partial charge in [0.05, 0.1) is 37.1 Å². The van der Waals surface area contributed by atoms with Crippen molar-refractivity contribution in [1.29, 1.82) is 0 Å². The molecule has 7 rings (SSSR count). The van der Waals surface area contributed by atoms with Gasteiger partial charge in [-0.05, 0) is 43.0 Å². The maximum atomic E-state index is 13.9. The van der Waals surface area contributed by atoms with Gasteiger partial charge in [-0.3, -0.25) is 19.2 Å². The fourth-order valence-corrected chi connectivity index (χ4v) is 8.59. The van der Waals surface area contributed by atoms with Gasteiger partial charge in [-0.25, -0.2) is 5.06 Å². The fourth-order valence-electron chi connectivity index (χ4n) is 8.59. The van der Waals surface area contributed by atoms with E-state index in [0.717, 1.165) is 10.6 Å². The van der Waals surface area contributed by atoms with Crippen LogP contribution in [0.25, 0.3) is 0 Å². The molecule has 40 heavy (non-hydrogen) atoms. The summed E-state index contributed by atoms with van der Waals surface area (Å²) in [5.41, 5.74) is -0.994. The Morgan fingerprint density at radius 1 is 1.10 bits per heavy atom. The van der Waals surface area contributed by atoms with Gasteiger partial charge < -0.3 is 24.4 Å². The van der Waals surface area contributed by atoms with Gasteiger partial charge in [0.1, 0.15) is 11.9 Å². The van der Waals surface area contributed by atoms with Crippen LogP contribution in [0, 0.1) is 37.5 Å². The lowest BCUT2D eigenvalue weighted by Gasteiger charge is -2.47. The van der Waals surface area contributed by atoms with Gasteiger partial charge in [-0.1, -0.05) is 36.4 Å². The van der Waals surface area contributed by atoms with Gasteiger partial charge in [0.25, 0.3) is 5.91 Å². The molecule has 5 aliphatic rings. The Hall–Kier alpha value is -3.31. The topological polar surface area (TPSA) is 132 Å². The molecule has 10 atom stereocenters. The first kappa shape index (κ1) is 25.6. The Morgan fingerprint density at radius 3 is 2.50 bits per heavy atom. The largest absolute Gasteiger partial charge is 0.482 e. The van der Waals surface area contributed by atoms with Crippen molar-refractivity contribution in [3.63, 3.8) is 0 Å². The molecule has 10 nitrogen and oxygen atoms in total. The Kier molecular flexibility index (Phi) is 5.36. The molecule has 4 aliphatic heterocycles. The Labute approximate surface area is 230 Å². The maximum Gasteiger partial charge on any atom is 0.320 e. The average molecular weight is 550 g/mol. The summed E-state index contributed by atoms with van der Waals surface area (Å²) in [6.07, 6.45) is -2.75. The van der Waals surface area contributed by atoms with E-state index >= 15 is 0 Å². The normalized spacial score (nSPS) is 40.5. The highest BCUT2D eigenvalue weighted by Crippen LogP contribution is 2.71. The minimum Gasteiger partial charge on any atom is -0.482 e. The summed E-state index contributed by atoms with van der Waals surface area (Å²) in [6, 6.07) is 12.9. The number of cyclic esters (lactones) is 2. The first-order chi connectivity index (χ1) is 19.1. The van der Waals surface area contributed by atoms with Crippen molar-refractivity contribution in [3.05, 3.63) is 64.7 Å². The number of esters is 2. The lowest BCUT2D eigenvalue weighted by Crippen LogP contribution is -2.62. The van der Waals surface area contributed by atoms with Crippen LogP contribution in [0.2, 0.25) is 0 Å². The van der Waals surface area contributed by atoms with Crippen LogP contribution in [0.15, 0.2) is 42.5 Å². The minimum atomic E-state index is -2.06. The second-order valence-corrected chi connectivity index (χ2v) is 11.8. The van der Waals surface area contributed by atoms with E-state index in [1.165, 1.54) is 14.2 Å². The van der Waals surface area contributed by atoms with Crippen molar-refractivity contribution in [2.24, 2.45) is 23.7 Å². The van der Waals surface area contributed by atoms with Crippen molar-refractivity contribution >= 4 is 17.8 Å². The fraction of sp³-hybridized carbons (Fsp3) is 0.500. The number of aliphatic hydroxyl groups is 2. The zero-order valence-corrected chi connectivity index (χ0v) is 22.6. The van der Waals surface area contributed by atoms with Crippen LogP contribution < -0.4 is 4.74 Å². The second-order valence-electron chi connectivity index (χ2n) is 11.8. The molecular formula is C30H31NO9. The van der Waals surface area contributed by atoms with E-state index in [0.29, 0.717) is 22.4 Å². The van der Waals surface area contributed by atoms with Crippen molar-refractivity contribution in [2.45, 2.75) is 55.7 Å². The van der Waals surface area contributed by atoms with E-state index in [-0.39, 0.29) is 6.42 Å². The molecule has 1 saturated carbocycles. The van der Waals surface area contributed by atoms with Crippen molar-refractivity contribution in [2.75, 3.05) is 14.2 Å². The molecular weight excluding hydrogens is 518 g/mol. The van der Waals surface area contributed by atoms with E-state index in [2.05, 4.69) is 0 Å². The monoisotopic (exact) mass is 549 g/mol. The predicted octanol–water partition coefficient (Wildman–Crippen LogP) is 1.52. The molecule has 4 fully saturated rings. The number of rotatable bonds is 4. The highest BCUT2D eigenvalue weighted by Gasteiger charge is 2.83. The predicted molar refractivity (Wildman–Crippen MR) is 136 cm³/mol. The quantitative estimate of drug-likeness (QED) is 0.331. The van der Waals surface area contributed by atoms with Crippen LogP contribution in [-0.4, -0.2) is 71.2 Å². The van der Waals surface area contributed by atoms with Crippen molar-refractivity contribution in [3.8, 4) is 5.75 Å². The number of aryl methyl sites for hydroxylation is 2. The number of aliphatic hydroxyl groups excluding tert-OH is 1. The lowest BCUT2D eigenvalue weighted by atomic mass is 9.60. The molecule has 2 bridgehead atoms. The Balaban J connectivity index is 1.50. The van der Waals surface area contributed by atoms with Gasteiger partial charge in [0.2, 0.25) is 0 Å². The molecule has 7 unspecified atom stereocenters.